The lowest BCUT2D eigenvalue weighted by Gasteiger charge is -2.25. The molecule has 5 nitrogen and oxygen atoms in total. The topological polar surface area (TPSA) is 51.3 Å². The number of aromatic nitrogens is 2. The van der Waals surface area contributed by atoms with Crippen LogP contribution in [0, 0.1) is 13.8 Å². The Morgan fingerprint density at radius 1 is 1.48 bits per heavy atom. The molecule has 2 aromatic rings. The molecule has 2 rings (SSSR count). The minimum Gasteiger partial charge on any atom is -0.469 e. The van der Waals surface area contributed by atoms with E-state index in [0.29, 0.717) is 5.56 Å². The van der Waals surface area contributed by atoms with E-state index in [1.165, 1.54) is 0 Å². The van der Waals surface area contributed by atoms with Gasteiger partial charge in [0.25, 0.3) is 5.91 Å². The van der Waals surface area contributed by atoms with Gasteiger partial charge >= 0.3 is 0 Å². The first-order valence-electron chi connectivity index (χ1n) is 7.21. The molecule has 5 heteroatoms. The first kappa shape index (κ1) is 15.4. The molecule has 114 valence electrons. The number of furan rings is 1. The SMILES string of the molecule is Cc1nn(C)c(C)c1C(=O)N(C)C(C)CCc1ccco1. The third-order valence-electron chi connectivity index (χ3n) is 4.09. The maximum Gasteiger partial charge on any atom is 0.257 e. The van der Waals surface area contributed by atoms with Crippen LogP contribution in [-0.4, -0.2) is 33.7 Å². The van der Waals surface area contributed by atoms with Crippen LogP contribution in [0.5, 0.6) is 0 Å². The minimum atomic E-state index is 0.0324. The summed E-state index contributed by atoms with van der Waals surface area (Å²) < 4.78 is 7.09. The first-order chi connectivity index (χ1) is 9.91. The molecule has 0 saturated heterocycles. The van der Waals surface area contributed by atoms with E-state index in [-0.39, 0.29) is 11.9 Å². The van der Waals surface area contributed by atoms with E-state index in [2.05, 4.69) is 12.0 Å². The highest BCUT2D eigenvalue weighted by Gasteiger charge is 2.23. The fraction of sp³-hybridized carbons (Fsp3) is 0.500. The molecule has 0 radical (unpaired) electrons. The Balaban J connectivity index is 2.04. The second kappa shape index (κ2) is 6.16. The summed E-state index contributed by atoms with van der Waals surface area (Å²) in [5.41, 5.74) is 2.40. The van der Waals surface area contributed by atoms with Gasteiger partial charge in [-0.25, -0.2) is 0 Å². The molecule has 0 N–H and O–H groups in total. The molecule has 1 unspecified atom stereocenters. The molecule has 2 heterocycles. The number of nitrogens with zero attached hydrogens (tertiary/aromatic N) is 3. The van der Waals surface area contributed by atoms with Crippen LogP contribution in [0.15, 0.2) is 22.8 Å². The third kappa shape index (κ3) is 3.17. The minimum absolute atomic E-state index is 0.0324. The summed E-state index contributed by atoms with van der Waals surface area (Å²) in [5, 5.41) is 4.31. The molecule has 1 atom stereocenters. The fourth-order valence-corrected chi connectivity index (χ4v) is 2.46. The van der Waals surface area contributed by atoms with Gasteiger partial charge in [-0.15, -0.1) is 0 Å². The number of amides is 1. The lowest BCUT2D eigenvalue weighted by molar-refractivity contribution is 0.0734. The molecule has 1 amide bonds. The van der Waals surface area contributed by atoms with Gasteiger partial charge in [-0.3, -0.25) is 9.48 Å². The van der Waals surface area contributed by atoms with Crippen LogP contribution < -0.4 is 0 Å². The largest absolute Gasteiger partial charge is 0.469 e. The van der Waals surface area contributed by atoms with E-state index < -0.39 is 0 Å². The van der Waals surface area contributed by atoms with Crippen LogP contribution in [0.3, 0.4) is 0 Å². The Hall–Kier alpha value is -2.04. The van der Waals surface area contributed by atoms with Crippen molar-refractivity contribution >= 4 is 5.91 Å². The predicted molar refractivity (Wildman–Crippen MR) is 81.3 cm³/mol. The highest BCUT2D eigenvalue weighted by atomic mass is 16.3. The monoisotopic (exact) mass is 289 g/mol. The molecular formula is C16H23N3O2. The zero-order chi connectivity index (χ0) is 15.6. The van der Waals surface area contributed by atoms with Crippen molar-refractivity contribution in [2.45, 2.75) is 39.7 Å². The van der Waals surface area contributed by atoms with Gasteiger partial charge < -0.3 is 9.32 Å². The quantitative estimate of drug-likeness (QED) is 0.850. The summed E-state index contributed by atoms with van der Waals surface area (Å²) >= 11 is 0. The van der Waals surface area contributed by atoms with Crippen molar-refractivity contribution in [3.8, 4) is 0 Å². The van der Waals surface area contributed by atoms with Crippen molar-refractivity contribution in [1.29, 1.82) is 0 Å². The zero-order valence-corrected chi connectivity index (χ0v) is 13.4. The van der Waals surface area contributed by atoms with E-state index in [9.17, 15) is 4.79 Å². The number of carbonyl (C=O) groups is 1. The van der Waals surface area contributed by atoms with E-state index >= 15 is 0 Å². The molecule has 0 fully saturated rings. The second-order valence-corrected chi connectivity index (χ2v) is 5.55. The Morgan fingerprint density at radius 2 is 2.19 bits per heavy atom. The highest BCUT2D eigenvalue weighted by Crippen LogP contribution is 2.17. The van der Waals surface area contributed by atoms with Gasteiger partial charge in [0, 0.05) is 32.3 Å². The first-order valence-corrected chi connectivity index (χ1v) is 7.21. The number of hydrogen-bond donors (Lipinski definition) is 0. The predicted octanol–water partition coefficient (Wildman–Crippen LogP) is 2.72. The van der Waals surface area contributed by atoms with E-state index in [1.807, 2.05) is 40.1 Å². The summed E-state index contributed by atoms with van der Waals surface area (Å²) in [6.07, 6.45) is 3.38. The molecular weight excluding hydrogens is 266 g/mol. The number of hydrogen-bond acceptors (Lipinski definition) is 3. The van der Waals surface area contributed by atoms with Crippen molar-refractivity contribution in [3.63, 3.8) is 0 Å². The molecule has 2 aromatic heterocycles. The Labute approximate surface area is 125 Å². The molecule has 0 aromatic carbocycles. The van der Waals surface area contributed by atoms with Gasteiger partial charge in [0.05, 0.1) is 17.5 Å². The second-order valence-electron chi connectivity index (χ2n) is 5.55. The average Bonchev–Trinajstić information content (AvgIpc) is 3.04. The summed E-state index contributed by atoms with van der Waals surface area (Å²) in [6, 6.07) is 3.99. The van der Waals surface area contributed by atoms with Gasteiger partial charge in [0.15, 0.2) is 0 Å². The van der Waals surface area contributed by atoms with E-state index in [4.69, 9.17) is 4.42 Å². The lowest BCUT2D eigenvalue weighted by Crippen LogP contribution is -2.36. The van der Waals surface area contributed by atoms with Crippen LogP contribution in [0.2, 0.25) is 0 Å². The van der Waals surface area contributed by atoms with Gasteiger partial charge in [0.1, 0.15) is 5.76 Å². The Kier molecular flexibility index (Phi) is 4.50. The van der Waals surface area contributed by atoms with Gasteiger partial charge in [-0.2, -0.15) is 5.10 Å². The maximum absolute atomic E-state index is 12.7. The molecule has 0 spiro atoms. The summed E-state index contributed by atoms with van der Waals surface area (Å²) in [5.74, 6) is 0.987. The van der Waals surface area contributed by atoms with E-state index in [1.54, 1.807) is 15.8 Å². The van der Waals surface area contributed by atoms with Crippen LogP contribution in [0.4, 0.5) is 0 Å². The standard InChI is InChI=1S/C16H23N3O2/c1-11(8-9-14-7-6-10-21-14)18(4)16(20)15-12(2)17-19(5)13(15)3/h6-7,10-11H,8-9H2,1-5H3. The fourth-order valence-electron chi connectivity index (χ4n) is 2.46. The van der Waals surface area contributed by atoms with Crippen molar-refractivity contribution in [3.05, 3.63) is 41.1 Å². The molecule has 0 aliphatic heterocycles. The molecule has 0 aliphatic carbocycles. The number of aryl methyl sites for hydroxylation is 3. The summed E-state index contributed by atoms with van der Waals surface area (Å²) in [4.78, 5) is 14.4. The van der Waals surface area contributed by atoms with Gasteiger partial charge in [-0.05, 0) is 39.3 Å². The van der Waals surface area contributed by atoms with E-state index in [0.717, 1.165) is 30.0 Å². The van der Waals surface area contributed by atoms with Crippen molar-refractivity contribution in [2.75, 3.05) is 7.05 Å². The zero-order valence-electron chi connectivity index (χ0n) is 13.4. The van der Waals surface area contributed by atoms with Crippen molar-refractivity contribution in [2.24, 2.45) is 7.05 Å². The lowest BCUT2D eigenvalue weighted by atomic mass is 10.1. The van der Waals surface area contributed by atoms with Gasteiger partial charge in [0.2, 0.25) is 0 Å². The van der Waals surface area contributed by atoms with Crippen molar-refractivity contribution < 1.29 is 9.21 Å². The van der Waals surface area contributed by atoms with Crippen LogP contribution >= 0.6 is 0 Å². The number of rotatable bonds is 5. The normalized spacial score (nSPS) is 12.4. The van der Waals surface area contributed by atoms with Crippen LogP contribution in [0.1, 0.15) is 40.9 Å². The summed E-state index contributed by atoms with van der Waals surface area (Å²) in [6.45, 7) is 5.86. The maximum atomic E-state index is 12.7. The van der Waals surface area contributed by atoms with Crippen molar-refractivity contribution in [1.82, 2.24) is 14.7 Å². The van der Waals surface area contributed by atoms with Gasteiger partial charge in [-0.1, -0.05) is 0 Å². The number of carbonyl (C=O) groups excluding carboxylic acids is 1. The average molecular weight is 289 g/mol. The molecule has 0 bridgehead atoms. The van der Waals surface area contributed by atoms with Crippen LogP contribution in [-0.2, 0) is 13.5 Å². The smallest absolute Gasteiger partial charge is 0.257 e. The Morgan fingerprint density at radius 3 is 2.71 bits per heavy atom. The van der Waals surface area contributed by atoms with Crippen LogP contribution in [0.25, 0.3) is 0 Å². The Bertz CT molecular complexity index is 614. The third-order valence-corrected chi connectivity index (χ3v) is 4.09. The molecule has 0 aliphatic rings. The molecule has 21 heavy (non-hydrogen) atoms. The highest BCUT2D eigenvalue weighted by molar-refractivity contribution is 5.96. The molecule has 0 saturated carbocycles. The summed E-state index contributed by atoms with van der Waals surface area (Å²) in [7, 11) is 3.71.